The minimum atomic E-state index is -0.473. The lowest BCUT2D eigenvalue weighted by atomic mass is 10.3. The summed E-state index contributed by atoms with van der Waals surface area (Å²) >= 11 is 0. The van der Waals surface area contributed by atoms with Crippen molar-refractivity contribution in [3.05, 3.63) is 65.0 Å². The third-order valence-electron chi connectivity index (χ3n) is 2.97. The van der Waals surface area contributed by atoms with Gasteiger partial charge in [0.1, 0.15) is 12.3 Å². The third-order valence-corrected chi connectivity index (χ3v) is 2.97. The standard InChI is InChI=1S/C14H13N5O3/c20-13(15-9-12-7-4-8-22-12)10-18-14(21)19(17-16-18)11-5-2-1-3-6-11/h1-8H,9-10H2,(H,15,20). The fourth-order valence-corrected chi connectivity index (χ4v) is 1.90. The van der Waals surface area contributed by atoms with Gasteiger partial charge in [0.05, 0.1) is 18.5 Å². The Morgan fingerprint density at radius 3 is 2.68 bits per heavy atom. The number of nitrogens with zero attached hydrogens (tertiary/aromatic N) is 4. The molecule has 112 valence electrons. The van der Waals surface area contributed by atoms with E-state index in [9.17, 15) is 9.59 Å². The molecule has 0 saturated heterocycles. The second-order valence-electron chi connectivity index (χ2n) is 4.52. The van der Waals surface area contributed by atoms with E-state index in [0.717, 1.165) is 9.36 Å². The van der Waals surface area contributed by atoms with Crippen LogP contribution < -0.4 is 11.0 Å². The minimum absolute atomic E-state index is 0.202. The number of carbonyl (C=O) groups excluding carboxylic acids is 1. The third kappa shape index (κ3) is 2.95. The van der Waals surface area contributed by atoms with Crippen molar-refractivity contribution in [1.82, 2.24) is 25.1 Å². The Hall–Kier alpha value is -3.16. The molecule has 0 spiro atoms. The van der Waals surface area contributed by atoms with E-state index >= 15 is 0 Å². The molecule has 2 aromatic heterocycles. The summed E-state index contributed by atoms with van der Waals surface area (Å²) in [6.45, 7) is 0.0553. The number of tetrazole rings is 1. The van der Waals surface area contributed by atoms with E-state index in [0.29, 0.717) is 11.4 Å². The van der Waals surface area contributed by atoms with E-state index in [-0.39, 0.29) is 19.0 Å². The minimum Gasteiger partial charge on any atom is -0.467 e. The van der Waals surface area contributed by atoms with Crippen LogP contribution in [0.2, 0.25) is 0 Å². The molecule has 2 heterocycles. The quantitative estimate of drug-likeness (QED) is 0.733. The predicted octanol–water partition coefficient (Wildman–Crippen LogP) is 0.338. The topological polar surface area (TPSA) is 95.0 Å². The van der Waals surface area contributed by atoms with Crippen molar-refractivity contribution in [2.45, 2.75) is 13.1 Å². The fraction of sp³-hybridized carbons (Fsp3) is 0.143. The lowest BCUT2D eigenvalue weighted by Gasteiger charge is -2.01. The highest BCUT2D eigenvalue weighted by atomic mass is 16.3. The number of hydrogen-bond acceptors (Lipinski definition) is 5. The molecule has 1 N–H and O–H groups in total. The van der Waals surface area contributed by atoms with E-state index in [2.05, 4.69) is 15.7 Å². The molecular weight excluding hydrogens is 286 g/mol. The Morgan fingerprint density at radius 1 is 1.14 bits per heavy atom. The van der Waals surface area contributed by atoms with Gasteiger partial charge in [-0.3, -0.25) is 4.79 Å². The molecule has 3 aromatic rings. The summed E-state index contributed by atoms with van der Waals surface area (Å²) in [6.07, 6.45) is 1.53. The van der Waals surface area contributed by atoms with E-state index in [1.165, 1.54) is 6.26 Å². The van der Waals surface area contributed by atoms with Gasteiger partial charge < -0.3 is 9.73 Å². The lowest BCUT2D eigenvalue weighted by Crippen LogP contribution is -2.33. The van der Waals surface area contributed by atoms with Crippen molar-refractivity contribution >= 4 is 5.91 Å². The molecular formula is C14H13N5O3. The highest BCUT2D eigenvalue weighted by Gasteiger charge is 2.12. The molecule has 0 bridgehead atoms. The number of nitrogens with one attached hydrogen (secondary N) is 1. The molecule has 0 atom stereocenters. The maximum atomic E-state index is 12.1. The lowest BCUT2D eigenvalue weighted by molar-refractivity contribution is -0.122. The monoisotopic (exact) mass is 299 g/mol. The summed E-state index contributed by atoms with van der Waals surface area (Å²) in [6, 6.07) is 12.4. The van der Waals surface area contributed by atoms with Crippen LogP contribution in [0.15, 0.2) is 57.9 Å². The molecule has 0 aliphatic heterocycles. The molecule has 0 aliphatic carbocycles. The van der Waals surface area contributed by atoms with Gasteiger partial charge in [-0.25, -0.2) is 4.79 Å². The SMILES string of the molecule is O=C(Cn1nnn(-c2ccccc2)c1=O)NCc1ccco1. The first kappa shape index (κ1) is 13.8. The van der Waals surface area contributed by atoms with Gasteiger partial charge in [0, 0.05) is 0 Å². The van der Waals surface area contributed by atoms with E-state index in [4.69, 9.17) is 4.42 Å². The molecule has 1 aromatic carbocycles. The summed E-state index contributed by atoms with van der Waals surface area (Å²) in [4.78, 5) is 24.0. The van der Waals surface area contributed by atoms with Gasteiger partial charge in [0.15, 0.2) is 0 Å². The molecule has 0 aliphatic rings. The molecule has 0 radical (unpaired) electrons. The normalized spacial score (nSPS) is 10.5. The molecule has 22 heavy (non-hydrogen) atoms. The molecule has 8 nitrogen and oxygen atoms in total. The number of furan rings is 1. The molecule has 0 unspecified atom stereocenters. The van der Waals surface area contributed by atoms with Crippen LogP contribution in [0.4, 0.5) is 0 Å². The summed E-state index contributed by atoms with van der Waals surface area (Å²) in [5, 5.41) is 10.1. The van der Waals surface area contributed by atoms with Gasteiger partial charge in [-0.2, -0.15) is 9.36 Å². The number of aromatic nitrogens is 4. The number of carbonyl (C=O) groups is 1. The van der Waals surface area contributed by atoms with Gasteiger partial charge in [0.25, 0.3) is 0 Å². The molecule has 0 saturated carbocycles. The smallest absolute Gasteiger partial charge is 0.368 e. The van der Waals surface area contributed by atoms with Crippen molar-refractivity contribution in [3.63, 3.8) is 0 Å². The fourth-order valence-electron chi connectivity index (χ4n) is 1.90. The van der Waals surface area contributed by atoms with Crippen LogP contribution in [0.3, 0.4) is 0 Å². The highest BCUT2D eigenvalue weighted by Crippen LogP contribution is 2.01. The van der Waals surface area contributed by atoms with Crippen molar-refractivity contribution in [2.75, 3.05) is 0 Å². The van der Waals surface area contributed by atoms with Gasteiger partial charge in [-0.15, -0.1) is 0 Å². The first-order valence-corrected chi connectivity index (χ1v) is 6.61. The number of hydrogen-bond donors (Lipinski definition) is 1. The largest absolute Gasteiger partial charge is 0.467 e. The first-order chi connectivity index (χ1) is 10.7. The number of amides is 1. The zero-order valence-electron chi connectivity index (χ0n) is 11.5. The van der Waals surface area contributed by atoms with Crippen LogP contribution in [0, 0.1) is 0 Å². The Bertz CT molecular complexity index is 805. The van der Waals surface area contributed by atoms with Gasteiger partial charge in [-0.05, 0) is 34.7 Å². The summed E-state index contributed by atoms with van der Waals surface area (Å²) < 4.78 is 7.25. The van der Waals surface area contributed by atoms with Gasteiger partial charge in [0.2, 0.25) is 5.91 Å². The van der Waals surface area contributed by atoms with Crippen LogP contribution in [0.1, 0.15) is 5.76 Å². The maximum absolute atomic E-state index is 12.1. The second-order valence-corrected chi connectivity index (χ2v) is 4.52. The van der Waals surface area contributed by atoms with E-state index in [1.807, 2.05) is 6.07 Å². The van der Waals surface area contributed by atoms with E-state index < -0.39 is 5.69 Å². The number of benzene rings is 1. The van der Waals surface area contributed by atoms with Crippen molar-refractivity contribution in [1.29, 1.82) is 0 Å². The van der Waals surface area contributed by atoms with Crippen LogP contribution in [0.25, 0.3) is 5.69 Å². The van der Waals surface area contributed by atoms with Crippen LogP contribution >= 0.6 is 0 Å². The molecule has 0 fully saturated rings. The Kier molecular flexibility index (Phi) is 3.82. The van der Waals surface area contributed by atoms with Gasteiger partial charge >= 0.3 is 5.69 Å². The second kappa shape index (κ2) is 6.08. The molecule has 8 heteroatoms. The summed E-state index contributed by atoms with van der Waals surface area (Å²) in [5.41, 5.74) is 0.120. The molecule has 1 amide bonds. The summed E-state index contributed by atoms with van der Waals surface area (Å²) in [5.74, 6) is 0.284. The Labute approximate surface area is 125 Å². The Balaban J connectivity index is 1.67. The van der Waals surface area contributed by atoms with Crippen molar-refractivity contribution in [2.24, 2.45) is 0 Å². The van der Waals surface area contributed by atoms with Crippen LogP contribution in [-0.2, 0) is 17.9 Å². The molecule has 3 rings (SSSR count). The van der Waals surface area contributed by atoms with Crippen LogP contribution in [-0.4, -0.2) is 25.7 Å². The highest BCUT2D eigenvalue weighted by molar-refractivity contribution is 5.75. The van der Waals surface area contributed by atoms with Gasteiger partial charge in [-0.1, -0.05) is 18.2 Å². The van der Waals surface area contributed by atoms with E-state index in [1.54, 1.807) is 36.4 Å². The van der Waals surface area contributed by atoms with Crippen molar-refractivity contribution < 1.29 is 9.21 Å². The number of rotatable bonds is 5. The zero-order chi connectivity index (χ0) is 15.4. The average molecular weight is 299 g/mol. The summed E-state index contributed by atoms with van der Waals surface area (Å²) in [7, 11) is 0. The van der Waals surface area contributed by atoms with Crippen molar-refractivity contribution in [3.8, 4) is 5.69 Å². The number of para-hydroxylation sites is 1. The predicted molar refractivity (Wildman–Crippen MR) is 76.2 cm³/mol. The Morgan fingerprint density at radius 2 is 1.95 bits per heavy atom. The zero-order valence-corrected chi connectivity index (χ0v) is 11.5. The average Bonchev–Trinajstić information content (AvgIpc) is 3.17. The van der Waals surface area contributed by atoms with Crippen LogP contribution in [0.5, 0.6) is 0 Å². The first-order valence-electron chi connectivity index (χ1n) is 6.61. The maximum Gasteiger partial charge on any atom is 0.368 e.